The molecule has 0 N–H and O–H groups in total. The van der Waals surface area contributed by atoms with Gasteiger partial charge < -0.3 is 9.64 Å². The number of nitrogens with zero attached hydrogens (tertiary/aromatic N) is 1. The van der Waals surface area contributed by atoms with Crippen LogP contribution in [0.5, 0.6) is 5.75 Å². The molecule has 0 spiro atoms. The van der Waals surface area contributed by atoms with Crippen LogP contribution in [0.25, 0.3) is 0 Å². The van der Waals surface area contributed by atoms with E-state index in [4.69, 9.17) is 4.74 Å². The predicted molar refractivity (Wildman–Crippen MR) is 62.5 cm³/mol. The Morgan fingerprint density at radius 1 is 1.42 bits per heavy atom. The maximum atomic E-state index is 13.1. The third-order valence-electron chi connectivity index (χ3n) is 3.09. The van der Waals surface area contributed by atoms with Crippen LogP contribution in [-0.4, -0.2) is 30.4 Å². The highest BCUT2D eigenvalue weighted by Crippen LogP contribution is 2.25. The van der Waals surface area contributed by atoms with Gasteiger partial charge in [0.25, 0.3) is 0 Å². The minimum atomic E-state index is -2.69. The minimum absolute atomic E-state index is 0.158. The van der Waals surface area contributed by atoms with Crippen molar-refractivity contribution in [3.63, 3.8) is 0 Å². The molecule has 3 nitrogen and oxygen atoms in total. The van der Waals surface area contributed by atoms with E-state index >= 15 is 0 Å². The Morgan fingerprint density at radius 3 is 2.84 bits per heavy atom. The molecule has 104 valence electrons. The van der Waals surface area contributed by atoms with Crippen molar-refractivity contribution < 1.29 is 22.7 Å². The zero-order chi connectivity index (χ0) is 14.0. The van der Waals surface area contributed by atoms with Gasteiger partial charge in [0.05, 0.1) is 12.5 Å². The van der Waals surface area contributed by atoms with Crippen molar-refractivity contribution in [3.05, 3.63) is 29.6 Å². The van der Waals surface area contributed by atoms with Crippen LogP contribution in [0.1, 0.15) is 12.5 Å². The number of alkyl halides is 2. The number of fused-ring (bicyclic) bond motifs is 1. The lowest BCUT2D eigenvalue weighted by Crippen LogP contribution is -2.38. The van der Waals surface area contributed by atoms with E-state index < -0.39 is 24.1 Å². The van der Waals surface area contributed by atoms with Gasteiger partial charge in [-0.1, -0.05) is 6.07 Å². The second-order valence-corrected chi connectivity index (χ2v) is 4.48. The molecule has 0 radical (unpaired) electrons. The van der Waals surface area contributed by atoms with Crippen LogP contribution in [0.2, 0.25) is 0 Å². The van der Waals surface area contributed by atoms with Crippen molar-refractivity contribution in [2.75, 3.05) is 13.2 Å². The molecule has 1 atom stereocenters. The molecule has 0 aliphatic carbocycles. The molecule has 0 saturated heterocycles. The average Bonchev–Trinajstić information content (AvgIpc) is 2.58. The molecule has 1 amide bonds. The lowest BCUT2D eigenvalue weighted by atomic mass is 10.1. The normalized spacial score (nSPS) is 16.6. The van der Waals surface area contributed by atoms with Crippen molar-refractivity contribution in [1.29, 1.82) is 0 Å². The monoisotopic (exact) mass is 273 g/mol. The van der Waals surface area contributed by atoms with Gasteiger partial charge in [0.2, 0.25) is 12.3 Å². The summed E-state index contributed by atoms with van der Waals surface area (Å²) in [7, 11) is 0. The number of amides is 1. The Labute approximate surface area is 109 Å². The Balaban J connectivity index is 2.18. The minimum Gasteiger partial charge on any atom is -0.491 e. The van der Waals surface area contributed by atoms with Gasteiger partial charge in [0.1, 0.15) is 18.2 Å². The molecule has 0 bridgehead atoms. The average molecular weight is 273 g/mol. The summed E-state index contributed by atoms with van der Waals surface area (Å²) < 4.78 is 43.5. The first-order chi connectivity index (χ1) is 8.99. The molecule has 1 aromatic rings. The Kier molecular flexibility index (Phi) is 3.97. The summed E-state index contributed by atoms with van der Waals surface area (Å²) in [5, 5.41) is 0. The Hall–Kier alpha value is -1.72. The van der Waals surface area contributed by atoms with E-state index in [9.17, 15) is 18.0 Å². The number of hydrogen-bond acceptors (Lipinski definition) is 2. The molecule has 1 aromatic carbocycles. The van der Waals surface area contributed by atoms with Crippen molar-refractivity contribution in [2.24, 2.45) is 5.92 Å². The number of hydrogen-bond donors (Lipinski definition) is 0. The molecule has 0 saturated carbocycles. The molecule has 2 rings (SSSR count). The Morgan fingerprint density at radius 2 is 2.16 bits per heavy atom. The summed E-state index contributed by atoms with van der Waals surface area (Å²) >= 11 is 0. The smallest absolute Gasteiger partial charge is 0.249 e. The summed E-state index contributed by atoms with van der Waals surface area (Å²) in [5.41, 5.74) is 0.619. The van der Waals surface area contributed by atoms with E-state index in [0.717, 1.165) is 0 Å². The fourth-order valence-electron chi connectivity index (χ4n) is 1.93. The molecule has 1 unspecified atom stereocenters. The number of carbonyl (C=O) groups excluding carboxylic acids is 1. The second kappa shape index (κ2) is 5.50. The molecule has 0 aromatic heterocycles. The number of carbonyl (C=O) groups is 1. The lowest BCUT2D eigenvalue weighted by molar-refractivity contribution is -0.140. The van der Waals surface area contributed by atoms with Gasteiger partial charge in [0, 0.05) is 18.2 Å². The van der Waals surface area contributed by atoms with Crippen molar-refractivity contribution in [3.8, 4) is 5.75 Å². The predicted octanol–water partition coefficient (Wildman–Crippen LogP) is 2.45. The van der Waals surface area contributed by atoms with Crippen LogP contribution in [0.3, 0.4) is 0 Å². The molecule has 1 heterocycles. The van der Waals surface area contributed by atoms with Crippen LogP contribution in [0.15, 0.2) is 18.2 Å². The van der Waals surface area contributed by atoms with E-state index in [1.54, 1.807) is 0 Å². The molecule has 0 fully saturated rings. The van der Waals surface area contributed by atoms with Crippen LogP contribution >= 0.6 is 0 Å². The summed E-state index contributed by atoms with van der Waals surface area (Å²) in [6.07, 6.45) is -2.69. The quantitative estimate of drug-likeness (QED) is 0.828. The SMILES string of the molecule is CC(C(=O)N1CCOc2cc(F)ccc2C1)C(F)F. The third kappa shape index (κ3) is 3.00. The first kappa shape index (κ1) is 13.7. The van der Waals surface area contributed by atoms with E-state index in [-0.39, 0.29) is 19.7 Å². The van der Waals surface area contributed by atoms with Crippen molar-refractivity contribution in [2.45, 2.75) is 19.9 Å². The molecular weight excluding hydrogens is 259 g/mol. The number of benzene rings is 1. The van der Waals surface area contributed by atoms with E-state index in [1.807, 2.05) is 0 Å². The van der Waals surface area contributed by atoms with E-state index in [0.29, 0.717) is 11.3 Å². The first-order valence-corrected chi connectivity index (χ1v) is 5.97. The van der Waals surface area contributed by atoms with Gasteiger partial charge in [-0.25, -0.2) is 13.2 Å². The number of halogens is 3. The molecular formula is C13H14F3NO2. The standard InChI is InChI=1S/C13H14F3NO2/c1-8(12(15)16)13(18)17-4-5-19-11-6-10(14)3-2-9(11)7-17/h2-3,6,8,12H,4-5,7H2,1H3. The van der Waals surface area contributed by atoms with Crippen LogP contribution in [-0.2, 0) is 11.3 Å². The van der Waals surface area contributed by atoms with E-state index in [2.05, 4.69) is 0 Å². The molecule has 6 heteroatoms. The fourth-order valence-corrected chi connectivity index (χ4v) is 1.93. The lowest BCUT2D eigenvalue weighted by Gasteiger charge is -2.23. The van der Waals surface area contributed by atoms with Gasteiger partial charge in [-0.2, -0.15) is 0 Å². The van der Waals surface area contributed by atoms with Gasteiger partial charge in [-0.3, -0.25) is 4.79 Å². The summed E-state index contributed by atoms with van der Waals surface area (Å²) in [6.45, 7) is 1.74. The maximum Gasteiger partial charge on any atom is 0.249 e. The largest absolute Gasteiger partial charge is 0.491 e. The van der Waals surface area contributed by atoms with Gasteiger partial charge in [0.15, 0.2) is 0 Å². The highest BCUT2D eigenvalue weighted by Gasteiger charge is 2.29. The summed E-state index contributed by atoms with van der Waals surface area (Å²) in [6, 6.07) is 4.00. The van der Waals surface area contributed by atoms with Crippen LogP contribution in [0, 0.1) is 11.7 Å². The van der Waals surface area contributed by atoms with Gasteiger partial charge >= 0.3 is 0 Å². The van der Waals surface area contributed by atoms with Crippen LogP contribution < -0.4 is 4.74 Å². The number of rotatable bonds is 2. The topological polar surface area (TPSA) is 29.5 Å². The fraction of sp³-hybridized carbons (Fsp3) is 0.462. The summed E-state index contributed by atoms with van der Waals surface area (Å²) in [4.78, 5) is 13.2. The maximum absolute atomic E-state index is 13.1. The molecule has 1 aliphatic heterocycles. The van der Waals surface area contributed by atoms with Crippen LogP contribution in [0.4, 0.5) is 13.2 Å². The van der Waals surface area contributed by atoms with Gasteiger partial charge in [-0.05, 0) is 13.0 Å². The zero-order valence-corrected chi connectivity index (χ0v) is 10.4. The van der Waals surface area contributed by atoms with Crippen molar-refractivity contribution >= 4 is 5.91 Å². The molecule has 1 aliphatic rings. The second-order valence-electron chi connectivity index (χ2n) is 4.48. The third-order valence-corrected chi connectivity index (χ3v) is 3.09. The molecule has 19 heavy (non-hydrogen) atoms. The van der Waals surface area contributed by atoms with Gasteiger partial charge in [-0.15, -0.1) is 0 Å². The zero-order valence-electron chi connectivity index (χ0n) is 10.4. The highest BCUT2D eigenvalue weighted by molar-refractivity contribution is 5.79. The first-order valence-electron chi connectivity index (χ1n) is 5.97. The Bertz CT molecular complexity index is 479. The number of ether oxygens (including phenoxy) is 1. The summed E-state index contributed by atoms with van der Waals surface area (Å²) in [5.74, 6) is -2.03. The highest BCUT2D eigenvalue weighted by atomic mass is 19.3. The van der Waals surface area contributed by atoms with E-state index in [1.165, 1.54) is 30.0 Å². The van der Waals surface area contributed by atoms with Crippen molar-refractivity contribution in [1.82, 2.24) is 4.90 Å².